The molecule has 2 aromatic carbocycles. The molecule has 1 saturated heterocycles. The fourth-order valence-electron chi connectivity index (χ4n) is 3.65. The van der Waals surface area contributed by atoms with Crippen molar-refractivity contribution in [3.05, 3.63) is 48.0 Å². The molecule has 0 radical (unpaired) electrons. The molecule has 1 fully saturated rings. The average Bonchev–Trinajstić information content (AvgIpc) is 3.17. The summed E-state index contributed by atoms with van der Waals surface area (Å²) in [5.41, 5.74) is 1.87. The van der Waals surface area contributed by atoms with Gasteiger partial charge in [-0.2, -0.15) is 0 Å². The lowest BCUT2D eigenvalue weighted by atomic mass is 10.1. The first kappa shape index (κ1) is 21.5. The molecule has 30 heavy (non-hydrogen) atoms. The van der Waals surface area contributed by atoms with Crippen LogP contribution in [0.25, 0.3) is 0 Å². The maximum absolute atomic E-state index is 12.6. The number of hydrogen-bond donors (Lipinski definition) is 1. The molecule has 1 unspecified atom stereocenters. The summed E-state index contributed by atoms with van der Waals surface area (Å²) in [6.45, 7) is 0.907. The van der Waals surface area contributed by atoms with Crippen LogP contribution in [0.15, 0.2) is 42.5 Å². The van der Waals surface area contributed by atoms with Gasteiger partial charge in [-0.1, -0.05) is 30.3 Å². The van der Waals surface area contributed by atoms with Gasteiger partial charge in [0.25, 0.3) is 0 Å². The highest BCUT2D eigenvalue weighted by Crippen LogP contribution is 2.42. The summed E-state index contributed by atoms with van der Waals surface area (Å²) in [6.07, 6.45) is 1.94. The first-order valence-corrected chi connectivity index (χ1v) is 9.99. The van der Waals surface area contributed by atoms with Gasteiger partial charge < -0.3 is 24.4 Å². The second-order valence-electron chi connectivity index (χ2n) is 7.17. The second kappa shape index (κ2) is 10.0. The van der Waals surface area contributed by atoms with Crippen molar-refractivity contribution in [1.82, 2.24) is 5.32 Å². The molecule has 2 amide bonds. The molecule has 1 aliphatic heterocycles. The third-order valence-electron chi connectivity index (χ3n) is 5.24. The largest absolute Gasteiger partial charge is 0.493 e. The standard InChI is InChI=1S/C23H28N2O5/c1-28-19-13-18(14-20(29-2)22(19)30-3)25-15-17(12-21(25)26)23(27)24-11-7-10-16-8-5-4-6-9-16/h4-6,8-9,13-14,17H,7,10-12,15H2,1-3H3,(H,24,27). The highest BCUT2D eigenvalue weighted by atomic mass is 16.5. The zero-order chi connectivity index (χ0) is 21.5. The number of benzene rings is 2. The Kier molecular flexibility index (Phi) is 7.17. The zero-order valence-electron chi connectivity index (χ0n) is 17.6. The molecule has 0 aromatic heterocycles. The van der Waals surface area contributed by atoms with Crippen LogP contribution in [0.2, 0.25) is 0 Å². The van der Waals surface area contributed by atoms with E-state index >= 15 is 0 Å². The van der Waals surface area contributed by atoms with Gasteiger partial charge in [0.1, 0.15) is 0 Å². The lowest BCUT2D eigenvalue weighted by Gasteiger charge is -2.20. The fourth-order valence-corrected chi connectivity index (χ4v) is 3.65. The number of anilines is 1. The highest BCUT2D eigenvalue weighted by Gasteiger charge is 2.35. The smallest absolute Gasteiger partial charge is 0.227 e. The number of amides is 2. The van der Waals surface area contributed by atoms with Gasteiger partial charge in [-0.15, -0.1) is 0 Å². The lowest BCUT2D eigenvalue weighted by Crippen LogP contribution is -2.33. The van der Waals surface area contributed by atoms with Crippen LogP contribution in [0.3, 0.4) is 0 Å². The number of aryl methyl sites for hydroxylation is 1. The number of methoxy groups -OCH3 is 3. The predicted octanol–water partition coefficient (Wildman–Crippen LogP) is 2.81. The van der Waals surface area contributed by atoms with Crippen molar-refractivity contribution in [2.45, 2.75) is 19.3 Å². The van der Waals surface area contributed by atoms with Crippen molar-refractivity contribution < 1.29 is 23.8 Å². The lowest BCUT2D eigenvalue weighted by molar-refractivity contribution is -0.126. The molecular formula is C23H28N2O5. The number of hydrogen-bond acceptors (Lipinski definition) is 5. The molecule has 2 aromatic rings. The maximum atomic E-state index is 12.6. The topological polar surface area (TPSA) is 77.1 Å². The Morgan fingerprint density at radius 1 is 1.07 bits per heavy atom. The van der Waals surface area contributed by atoms with Crippen molar-refractivity contribution in [3.63, 3.8) is 0 Å². The van der Waals surface area contributed by atoms with Crippen molar-refractivity contribution >= 4 is 17.5 Å². The monoisotopic (exact) mass is 412 g/mol. The SMILES string of the molecule is COc1cc(N2CC(C(=O)NCCCc3ccccc3)CC2=O)cc(OC)c1OC. The summed E-state index contributed by atoms with van der Waals surface area (Å²) in [6, 6.07) is 13.6. The van der Waals surface area contributed by atoms with E-state index < -0.39 is 0 Å². The number of nitrogens with one attached hydrogen (secondary N) is 1. The van der Waals surface area contributed by atoms with Crippen molar-refractivity contribution in [2.75, 3.05) is 39.3 Å². The second-order valence-corrected chi connectivity index (χ2v) is 7.17. The predicted molar refractivity (Wildman–Crippen MR) is 114 cm³/mol. The summed E-state index contributed by atoms with van der Waals surface area (Å²) < 4.78 is 16.1. The van der Waals surface area contributed by atoms with E-state index in [1.165, 1.54) is 26.9 Å². The third-order valence-corrected chi connectivity index (χ3v) is 5.24. The molecule has 160 valence electrons. The average molecular weight is 412 g/mol. The van der Waals surface area contributed by atoms with E-state index in [-0.39, 0.29) is 24.2 Å². The molecule has 3 rings (SSSR count). The van der Waals surface area contributed by atoms with Gasteiger partial charge in [0.2, 0.25) is 17.6 Å². The third kappa shape index (κ3) is 4.84. The molecule has 1 heterocycles. The molecule has 1 atom stereocenters. The first-order valence-electron chi connectivity index (χ1n) is 9.99. The number of carbonyl (C=O) groups excluding carboxylic acids is 2. The van der Waals surface area contributed by atoms with Crippen LogP contribution < -0.4 is 24.4 Å². The molecule has 7 heteroatoms. The number of ether oxygens (including phenoxy) is 3. The minimum atomic E-state index is -0.381. The van der Waals surface area contributed by atoms with Crippen LogP contribution in [0.4, 0.5) is 5.69 Å². The summed E-state index contributed by atoms with van der Waals surface area (Å²) >= 11 is 0. The van der Waals surface area contributed by atoms with Crippen LogP contribution in [-0.2, 0) is 16.0 Å². The summed E-state index contributed by atoms with van der Waals surface area (Å²) in [7, 11) is 4.58. The van der Waals surface area contributed by atoms with Crippen molar-refractivity contribution in [3.8, 4) is 17.2 Å². The van der Waals surface area contributed by atoms with E-state index in [2.05, 4.69) is 17.4 Å². The molecule has 7 nitrogen and oxygen atoms in total. The fraction of sp³-hybridized carbons (Fsp3) is 0.391. The van der Waals surface area contributed by atoms with Gasteiger partial charge >= 0.3 is 0 Å². The van der Waals surface area contributed by atoms with E-state index in [0.717, 1.165) is 12.8 Å². The van der Waals surface area contributed by atoms with Crippen LogP contribution in [0.5, 0.6) is 17.2 Å². The Labute approximate surface area is 176 Å². The van der Waals surface area contributed by atoms with E-state index in [1.54, 1.807) is 17.0 Å². The Morgan fingerprint density at radius 2 is 1.73 bits per heavy atom. The molecule has 0 bridgehead atoms. The Bertz CT molecular complexity index is 859. The minimum Gasteiger partial charge on any atom is -0.493 e. The summed E-state index contributed by atoms with van der Waals surface area (Å²) in [5, 5.41) is 2.96. The molecular weight excluding hydrogens is 384 g/mol. The van der Waals surface area contributed by atoms with Crippen LogP contribution in [0, 0.1) is 5.92 Å². The zero-order valence-corrected chi connectivity index (χ0v) is 17.6. The van der Waals surface area contributed by atoms with E-state index in [4.69, 9.17) is 14.2 Å². The normalized spacial score (nSPS) is 15.8. The van der Waals surface area contributed by atoms with Gasteiger partial charge in [-0.05, 0) is 18.4 Å². The molecule has 1 N–H and O–H groups in total. The Hall–Kier alpha value is -3.22. The van der Waals surface area contributed by atoms with Crippen LogP contribution >= 0.6 is 0 Å². The van der Waals surface area contributed by atoms with E-state index in [1.807, 2.05) is 18.2 Å². The van der Waals surface area contributed by atoms with E-state index in [0.29, 0.717) is 36.0 Å². The van der Waals surface area contributed by atoms with Gasteiger partial charge in [0, 0.05) is 31.6 Å². The van der Waals surface area contributed by atoms with E-state index in [9.17, 15) is 9.59 Å². The summed E-state index contributed by atoms with van der Waals surface area (Å²) in [4.78, 5) is 26.8. The minimum absolute atomic E-state index is 0.0913. The van der Waals surface area contributed by atoms with Crippen LogP contribution in [-0.4, -0.2) is 46.2 Å². The molecule has 1 aliphatic rings. The highest BCUT2D eigenvalue weighted by molar-refractivity contribution is 6.00. The van der Waals surface area contributed by atoms with Gasteiger partial charge in [-0.25, -0.2) is 0 Å². The molecule has 0 spiro atoms. The number of carbonyl (C=O) groups is 2. The number of rotatable bonds is 9. The van der Waals surface area contributed by atoms with Crippen molar-refractivity contribution in [1.29, 1.82) is 0 Å². The first-order chi connectivity index (χ1) is 14.6. The van der Waals surface area contributed by atoms with Gasteiger partial charge in [-0.3, -0.25) is 9.59 Å². The molecule has 0 saturated carbocycles. The van der Waals surface area contributed by atoms with Gasteiger partial charge in [0.05, 0.1) is 32.9 Å². The van der Waals surface area contributed by atoms with Gasteiger partial charge in [0.15, 0.2) is 11.5 Å². The Morgan fingerprint density at radius 3 is 2.33 bits per heavy atom. The quantitative estimate of drug-likeness (QED) is 0.641. The number of nitrogens with zero attached hydrogens (tertiary/aromatic N) is 1. The molecule has 0 aliphatic carbocycles. The summed E-state index contributed by atoms with van der Waals surface area (Å²) in [5.74, 6) is 0.818. The van der Waals surface area contributed by atoms with Crippen molar-refractivity contribution in [2.24, 2.45) is 5.92 Å². The maximum Gasteiger partial charge on any atom is 0.227 e. The Balaban J connectivity index is 1.60. The van der Waals surface area contributed by atoms with Crippen LogP contribution in [0.1, 0.15) is 18.4 Å².